The van der Waals surface area contributed by atoms with E-state index in [0.29, 0.717) is 24.8 Å². The molecule has 2 atom stereocenters. The first-order valence-corrected chi connectivity index (χ1v) is 6.99. The maximum absolute atomic E-state index is 11.9. The summed E-state index contributed by atoms with van der Waals surface area (Å²) >= 11 is 1.84. The number of carboxylic acids is 1. The summed E-state index contributed by atoms with van der Waals surface area (Å²) in [5.41, 5.74) is 0. The number of thioether (sulfide) groups is 1. The number of carboxylic acid groups (broad SMARTS) is 1. The second kappa shape index (κ2) is 6.74. The Balaban J connectivity index is 2.48. The van der Waals surface area contributed by atoms with E-state index in [1.165, 1.54) is 0 Å². The van der Waals surface area contributed by atoms with Crippen LogP contribution in [0, 0.1) is 0 Å². The Morgan fingerprint density at radius 1 is 1.59 bits per heavy atom. The largest absolute Gasteiger partial charge is 0.480 e. The molecule has 1 heterocycles. The fraction of sp³-hybridized carbons (Fsp3) is 0.818. The third-order valence-electron chi connectivity index (χ3n) is 2.70. The summed E-state index contributed by atoms with van der Waals surface area (Å²) in [4.78, 5) is 24.5. The minimum Gasteiger partial charge on any atom is -0.480 e. The van der Waals surface area contributed by atoms with Gasteiger partial charge < -0.3 is 15.3 Å². The highest BCUT2D eigenvalue weighted by atomic mass is 32.2. The molecule has 0 aliphatic carbocycles. The van der Waals surface area contributed by atoms with E-state index in [1.807, 2.05) is 18.7 Å². The zero-order valence-corrected chi connectivity index (χ0v) is 11.1. The van der Waals surface area contributed by atoms with Crippen LogP contribution < -0.4 is 5.32 Å². The Morgan fingerprint density at radius 2 is 2.29 bits per heavy atom. The predicted octanol–water partition coefficient (Wildman–Crippen LogP) is 1.39. The van der Waals surface area contributed by atoms with E-state index in [1.54, 1.807) is 4.90 Å². The van der Waals surface area contributed by atoms with Crippen molar-refractivity contribution in [1.82, 2.24) is 10.2 Å². The van der Waals surface area contributed by atoms with Gasteiger partial charge in [0, 0.05) is 24.1 Å². The van der Waals surface area contributed by atoms with Gasteiger partial charge in [-0.1, -0.05) is 20.3 Å². The average Bonchev–Trinajstić information content (AvgIpc) is 2.28. The van der Waals surface area contributed by atoms with Gasteiger partial charge in [-0.25, -0.2) is 9.59 Å². The summed E-state index contributed by atoms with van der Waals surface area (Å²) in [6, 6.07) is -1.02. The van der Waals surface area contributed by atoms with Crippen LogP contribution >= 0.6 is 11.8 Å². The van der Waals surface area contributed by atoms with Crippen molar-refractivity contribution in [2.45, 2.75) is 38.0 Å². The molecule has 98 valence electrons. The van der Waals surface area contributed by atoms with E-state index in [-0.39, 0.29) is 6.03 Å². The normalized spacial score (nSPS) is 22.0. The number of carbonyl (C=O) groups excluding carboxylic acids is 1. The lowest BCUT2D eigenvalue weighted by Crippen LogP contribution is -2.51. The van der Waals surface area contributed by atoms with Crippen molar-refractivity contribution in [1.29, 1.82) is 0 Å². The third-order valence-corrected chi connectivity index (χ3v) is 3.84. The van der Waals surface area contributed by atoms with Gasteiger partial charge in [0.1, 0.15) is 6.04 Å². The van der Waals surface area contributed by atoms with Crippen LogP contribution in [0.4, 0.5) is 4.79 Å². The first kappa shape index (κ1) is 14.2. The number of urea groups is 1. The molecule has 2 N–H and O–H groups in total. The van der Waals surface area contributed by atoms with Gasteiger partial charge in [0.05, 0.1) is 0 Å². The highest BCUT2D eigenvalue weighted by Gasteiger charge is 2.25. The monoisotopic (exact) mass is 260 g/mol. The molecular formula is C11H20N2O3S. The molecule has 17 heavy (non-hydrogen) atoms. The maximum atomic E-state index is 11.9. The fourth-order valence-corrected chi connectivity index (χ4v) is 2.80. The van der Waals surface area contributed by atoms with Crippen LogP contribution in [0.3, 0.4) is 0 Å². The molecule has 1 unspecified atom stereocenters. The van der Waals surface area contributed by atoms with Crippen LogP contribution in [0.25, 0.3) is 0 Å². The molecule has 5 nitrogen and oxygen atoms in total. The van der Waals surface area contributed by atoms with E-state index in [4.69, 9.17) is 5.11 Å². The topological polar surface area (TPSA) is 69.6 Å². The summed E-state index contributed by atoms with van der Waals surface area (Å²) in [5.74, 6) is -0.0419. The Morgan fingerprint density at radius 3 is 2.82 bits per heavy atom. The second-order valence-electron chi connectivity index (χ2n) is 4.26. The first-order chi connectivity index (χ1) is 8.04. The van der Waals surface area contributed by atoms with Crippen LogP contribution in [0.2, 0.25) is 0 Å². The molecule has 1 saturated heterocycles. The SMILES string of the molecule is CCC[C@H](NC(=O)N1CCSC(C)C1)C(=O)O. The highest BCUT2D eigenvalue weighted by molar-refractivity contribution is 7.99. The fourth-order valence-electron chi connectivity index (χ4n) is 1.79. The highest BCUT2D eigenvalue weighted by Crippen LogP contribution is 2.17. The third kappa shape index (κ3) is 4.46. The summed E-state index contributed by atoms with van der Waals surface area (Å²) in [5, 5.41) is 12.0. The van der Waals surface area contributed by atoms with Crippen LogP contribution in [0.1, 0.15) is 26.7 Å². The van der Waals surface area contributed by atoms with E-state index < -0.39 is 12.0 Å². The molecule has 1 rings (SSSR count). The number of aliphatic carboxylic acids is 1. The number of rotatable bonds is 4. The van der Waals surface area contributed by atoms with E-state index in [9.17, 15) is 9.59 Å². The molecule has 0 aromatic heterocycles. The zero-order valence-electron chi connectivity index (χ0n) is 10.3. The lowest BCUT2D eigenvalue weighted by molar-refractivity contribution is -0.139. The Kier molecular flexibility index (Phi) is 5.61. The molecule has 1 fully saturated rings. The summed E-state index contributed by atoms with van der Waals surface area (Å²) < 4.78 is 0. The minimum absolute atomic E-state index is 0.252. The molecule has 2 amide bonds. The Labute approximate surface area is 106 Å². The molecule has 0 bridgehead atoms. The van der Waals surface area contributed by atoms with Crippen molar-refractivity contribution < 1.29 is 14.7 Å². The van der Waals surface area contributed by atoms with Crippen molar-refractivity contribution in [3.63, 3.8) is 0 Å². The van der Waals surface area contributed by atoms with Gasteiger partial charge in [-0.3, -0.25) is 0 Å². The molecular weight excluding hydrogens is 240 g/mol. The molecule has 0 saturated carbocycles. The molecule has 1 aliphatic heterocycles. The van der Waals surface area contributed by atoms with Crippen molar-refractivity contribution >= 4 is 23.8 Å². The van der Waals surface area contributed by atoms with Gasteiger partial charge in [0.15, 0.2) is 0 Å². The van der Waals surface area contributed by atoms with Gasteiger partial charge in [0.2, 0.25) is 0 Å². The minimum atomic E-state index is -0.959. The predicted molar refractivity (Wildman–Crippen MR) is 68.4 cm³/mol. The smallest absolute Gasteiger partial charge is 0.326 e. The number of hydrogen-bond acceptors (Lipinski definition) is 3. The molecule has 6 heteroatoms. The number of hydrogen-bond donors (Lipinski definition) is 2. The zero-order chi connectivity index (χ0) is 12.8. The number of nitrogens with one attached hydrogen (secondary N) is 1. The van der Waals surface area contributed by atoms with Crippen molar-refractivity contribution in [3.8, 4) is 0 Å². The maximum Gasteiger partial charge on any atom is 0.326 e. The standard InChI is InChI=1S/C11H20N2O3S/c1-3-4-9(10(14)15)12-11(16)13-5-6-17-8(2)7-13/h8-9H,3-7H2,1-2H3,(H,12,16)(H,14,15)/t8?,9-/m0/s1. The molecule has 0 aromatic rings. The van der Waals surface area contributed by atoms with Crippen LogP contribution in [0.5, 0.6) is 0 Å². The number of amides is 2. The second-order valence-corrected chi connectivity index (χ2v) is 5.80. The van der Waals surface area contributed by atoms with E-state index >= 15 is 0 Å². The van der Waals surface area contributed by atoms with Gasteiger partial charge in [0.25, 0.3) is 0 Å². The van der Waals surface area contributed by atoms with Crippen molar-refractivity contribution in [2.75, 3.05) is 18.8 Å². The summed E-state index contributed by atoms with van der Waals surface area (Å²) in [7, 11) is 0. The van der Waals surface area contributed by atoms with Gasteiger partial charge in [-0.2, -0.15) is 11.8 Å². The Bertz CT molecular complexity index is 286. The van der Waals surface area contributed by atoms with Crippen LogP contribution in [0.15, 0.2) is 0 Å². The van der Waals surface area contributed by atoms with E-state index in [2.05, 4.69) is 12.2 Å². The van der Waals surface area contributed by atoms with Gasteiger partial charge in [-0.05, 0) is 6.42 Å². The molecule has 0 radical (unpaired) electrons. The van der Waals surface area contributed by atoms with Crippen molar-refractivity contribution in [3.05, 3.63) is 0 Å². The lowest BCUT2D eigenvalue weighted by atomic mass is 10.2. The Hall–Kier alpha value is -0.910. The lowest BCUT2D eigenvalue weighted by Gasteiger charge is -2.31. The molecule has 0 aromatic carbocycles. The van der Waals surface area contributed by atoms with Crippen LogP contribution in [-0.2, 0) is 4.79 Å². The van der Waals surface area contributed by atoms with Crippen LogP contribution in [-0.4, -0.2) is 52.1 Å². The number of carbonyl (C=O) groups is 2. The first-order valence-electron chi connectivity index (χ1n) is 5.94. The van der Waals surface area contributed by atoms with Crippen molar-refractivity contribution in [2.24, 2.45) is 0 Å². The van der Waals surface area contributed by atoms with Gasteiger partial charge in [-0.15, -0.1) is 0 Å². The van der Waals surface area contributed by atoms with Gasteiger partial charge >= 0.3 is 12.0 Å². The van der Waals surface area contributed by atoms with E-state index in [0.717, 1.165) is 12.2 Å². The summed E-state index contributed by atoms with van der Waals surface area (Å²) in [6.45, 7) is 5.36. The average molecular weight is 260 g/mol. The molecule has 1 aliphatic rings. The quantitative estimate of drug-likeness (QED) is 0.801. The summed E-state index contributed by atoms with van der Waals surface area (Å²) in [6.07, 6.45) is 1.21. The molecule has 0 spiro atoms. The number of nitrogens with zero attached hydrogens (tertiary/aromatic N) is 1.